The average molecular weight is 498 g/mol. The van der Waals surface area contributed by atoms with Gasteiger partial charge in [-0.25, -0.2) is 4.98 Å². The molecule has 0 aliphatic rings. The fourth-order valence-electron chi connectivity index (χ4n) is 3.87. The summed E-state index contributed by atoms with van der Waals surface area (Å²) in [6.07, 6.45) is 0.666. The highest BCUT2D eigenvalue weighted by molar-refractivity contribution is 6.32. The van der Waals surface area contributed by atoms with Crippen molar-refractivity contribution in [3.8, 4) is 17.0 Å². The zero-order valence-corrected chi connectivity index (χ0v) is 22.2. The number of benzene rings is 2. The topological polar surface area (TPSA) is 87.2 Å². The van der Waals surface area contributed by atoms with Crippen molar-refractivity contribution >= 4 is 17.6 Å². The molecule has 3 N–H and O–H groups in total. The van der Waals surface area contributed by atoms with E-state index in [4.69, 9.17) is 21.3 Å². The summed E-state index contributed by atoms with van der Waals surface area (Å²) in [5.41, 5.74) is 5.01. The fourth-order valence-corrected chi connectivity index (χ4v) is 4.12. The van der Waals surface area contributed by atoms with Crippen molar-refractivity contribution in [3.63, 3.8) is 0 Å². The molecule has 0 unspecified atom stereocenters. The van der Waals surface area contributed by atoms with E-state index in [9.17, 15) is 9.90 Å². The third kappa shape index (κ3) is 7.58. The van der Waals surface area contributed by atoms with E-state index in [2.05, 4.69) is 43.2 Å². The van der Waals surface area contributed by atoms with Crippen LogP contribution in [0.2, 0.25) is 5.02 Å². The zero-order valence-electron chi connectivity index (χ0n) is 21.4. The molecular formula is C28H36ClN3O3. The summed E-state index contributed by atoms with van der Waals surface area (Å²) in [6, 6.07) is 13.6. The van der Waals surface area contributed by atoms with Crippen molar-refractivity contribution < 1.29 is 14.6 Å². The number of halogens is 1. The predicted octanol–water partition coefficient (Wildman–Crippen LogP) is 6.30. The van der Waals surface area contributed by atoms with Crippen molar-refractivity contribution in [1.29, 1.82) is 0 Å². The molecule has 0 amide bonds. The van der Waals surface area contributed by atoms with Crippen LogP contribution in [0.15, 0.2) is 42.5 Å². The summed E-state index contributed by atoms with van der Waals surface area (Å²) in [5.74, 6) is 0.776. The van der Waals surface area contributed by atoms with E-state index in [1.165, 1.54) is 0 Å². The predicted molar refractivity (Wildman–Crippen MR) is 141 cm³/mol. The van der Waals surface area contributed by atoms with Crippen LogP contribution >= 0.6 is 11.6 Å². The molecule has 0 saturated heterocycles. The van der Waals surface area contributed by atoms with Gasteiger partial charge in [-0.1, -0.05) is 62.7 Å². The number of hydrogen-bond donors (Lipinski definition) is 3. The number of carboxylic acids is 1. The first-order chi connectivity index (χ1) is 16.4. The van der Waals surface area contributed by atoms with Gasteiger partial charge in [0.15, 0.2) is 0 Å². The van der Waals surface area contributed by atoms with Crippen LogP contribution in [0.25, 0.3) is 11.3 Å². The molecule has 0 saturated carbocycles. The minimum atomic E-state index is -0.834. The third-order valence-corrected chi connectivity index (χ3v) is 5.97. The quantitative estimate of drug-likeness (QED) is 0.306. The van der Waals surface area contributed by atoms with Crippen molar-refractivity contribution in [1.82, 2.24) is 15.3 Å². The lowest BCUT2D eigenvalue weighted by Gasteiger charge is -2.18. The molecule has 1 heterocycles. The van der Waals surface area contributed by atoms with Crippen LogP contribution in [-0.2, 0) is 23.2 Å². The molecule has 188 valence electrons. The standard InChI is InChI=1S/C28H36ClN3O3/c1-17(2)35-24-12-9-20(14-23(24)29)16-30-22(15-25(33)34)13-19-7-10-21(11-8-19)26-18(3)31-27(32-26)28(4,5)6/h7-12,14,17,22,30H,13,15-16H2,1-6H3,(H,31,32)(H,33,34)/t22-/m0/s1. The number of aromatic amines is 1. The summed E-state index contributed by atoms with van der Waals surface area (Å²) in [4.78, 5) is 19.7. The van der Waals surface area contributed by atoms with E-state index in [1.807, 2.05) is 51.1 Å². The maximum absolute atomic E-state index is 11.5. The van der Waals surface area contributed by atoms with Crippen molar-refractivity contribution in [2.24, 2.45) is 0 Å². The number of aromatic nitrogens is 2. The minimum Gasteiger partial charge on any atom is -0.489 e. The number of aliphatic carboxylic acids is 1. The van der Waals surface area contributed by atoms with E-state index in [1.54, 1.807) is 0 Å². The van der Waals surface area contributed by atoms with Gasteiger partial charge in [0.05, 0.1) is 23.2 Å². The molecule has 35 heavy (non-hydrogen) atoms. The van der Waals surface area contributed by atoms with E-state index in [0.29, 0.717) is 23.7 Å². The molecule has 2 aromatic carbocycles. The Labute approximate surface area is 213 Å². The Morgan fingerprint density at radius 3 is 2.34 bits per heavy atom. The average Bonchev–Trinajstić information content (AvgIpc) is 3.16. The molecule has 0 spiro atoms. The SMILES string of the molecule is Cc1[nH]c(C(C)(C)C)nc1-c1ccc(C[C@@H](CC(=O)O)NCc2ccc(OC(C)C)c(Cl)c2)cc1. The van der Waals surface area contributed by atoms with Crippen LogP contribution in [0, 0.1) is 6.92 Å². The van der Waals surface area contributed by atoms with Gasteiger partial charge in [-0.2, -0.15) is 0 Å². The second kappa shape index (κ2) is 11.3. The Bertz CT molecular complexity index is 1150. The maximum atomic E-state index is 11.5. The lowest BCUT2D eigenvalue weighted by molar-refractivity contribution is -0.137. The number of H-pyrrole nitrogens is 1. The number of ether oxygens (including phenoxy) is 1. The number of carbonyl (C=O) groups is 1. The highest BCUT2D eigenvalue weighted by Crippen LogP contribution is 2.28. The van der Waals surface area contributed by atoms with Gasteiger partial charge in [-0.15, -0.1) is 0 Å². The van der Waals surface area contributed by atoms with Gasteiger partial charge in [-0.3, -0.25) is 4.79 Å². The van der Waals surface area contributed by atoms with Crippen molar-refractivity contribution in [3.05, 3.63) is 70.1 Å². The van der Waals surface area contributed by atoms with E-state index in [-0.39, 0.29) is 24.0 Å². The number of imidazole rings is 1. The van der Waals surface area contributed by atoms with Gasteiger partial charge >= 0.3 is 5.97 Å². The second-order valence-corrected chi connectivity index (χ2v) is 10.7. The molecule has 0 bridgehead atoms. The van der Waals surface area contributed by atoms with E-state index >= 15 is 0 Å². The summed E-state index contributed by atoms with van der Waals surface area (Å²) in [5, 5.41) is 13.4. The highest BCUT2D eigenvalue weighted by Gasteiger charge is 2.20. The highest BCUT2D eigenvalue weighted by atomic mass is 35.5. The van der Waals surface area contributed by atoms with Gasteiger partial charge in [-0.05, 0) is 50.5 Å². The lowest BCUT2D eigenvalue weighted by Crippen LogP contribution is -2.33. The summed E-state index contributed by atoms with van der Waals surface area (Å²) in [7, 11) is 0. The molecule has 3 aromatic rings. The Balaban J connectivity index is 1.68. The molecule has 3 rings (SSSR count). The first-order valence-corrected chi connectivity index (χ1v) is 12.4. The molecule has 6 nitrogen and oxygen atoms in total. The lowest BCUT2D eigenvalue weighted by atomic mass is 9.96. The summed E-state index contributed by atoms with van der Waals surface area (Å²) in [6.45, 7) is 12.9. The van der Waals surface area contributed by atoms with E-state index < -0.39 is 5.97 Å². The normalized spacial score (nSPS) is 12.7. The largest absolute Gasteiger partial charge is 0.489 e. The Morgan fingerprint density at radius 2 is 1.80 bits per heavy atom. The van der Waals surface area contributed by atoms with Crippen molar-refractivity contribution in [2.75, 3.05) is 0 Å². The van der Waals surface area contributed by atoms with Crippen LogP contribution in [-0.4, -0.2) is 33.2 Å². The smallest absolute Gasteiger partial charge is 0.304 e. The second-order valence-electron chi connectivity index (χ2n) is 10.3. The molecule has 7 heteroatoms. The Kier molecular flexibility index (Phi) is 8.62. The van der Waals surface area contributed by atoms with Crippen molar-refractivity contribution in [2.45, 2.75) is 78.5 Å². The number of rotatable bonds is 10. The van der Waals surface area contributed by atoms with Gasteiger partial charge in [0.25, 0.3) is 0 Å². The summed E-state index contributed by atoms with van der Waals surface area (Å²) >= 11 is 6.35. The molecule has 0 fully saturated rings. The molecule has 0 radical (unpaired) electrons. The number of nitrogens with zero attached hydrogens (tertiary/aromatic N) is 1. The molecular weight excluding hydrogens is 462 g/mol. The van der Waals surface area contributed by atoms with Crippen LogP contribution in [0.5, 0.6) is 5.75 Å². The summed E-state index contributed by atoms with van der Waals surface area (Å²) < 4.78 is 5.69. The van der Waals surface area contributed by atoms with E-state index in [0.717, 1.165) is 33.9 Å². The molecule has 0 aliphatic carbocycles. The number of carboxylic acid groups (broad SMARTS) is 1. The fraction of sp³-hybridized carbons (Fsp3) is 0.429. The minimum absolute atomic E-state index is 0.0252. The first-order valence-electron chi connectivity index (χ1n) is 12.0. The number of nitrogens with one attached hydrogen (secondary N) is 2. The monoisotopic (exact) mass is 497 g/mol. The first kappa shape index (κ1) is 26.8. The van der Waals surface area contributed by atoms with Gasteiger partial charge < -0.3 is 20.1 Å². The van der Waals surface area contributed by atoms with Gasteiger partial charge in [0.1, 0.15) is 11.6 Å². The Morgan fingerprint density at radius 1 is 1.14 bits per heavy atom. The third-order valence-electron chi connectivity index (χ3n) is 5.68. The van der Waals surface area contributed by atoms with Crippen LogP contribution in [0.4, 0.5) is 0 Å². The van der Waals surface area contributed by atoms with Crippen LogP contribution < -0.4 is 10.1 Å². The van der Waals surface area contributed by atoms with Crippen LogP contribution in [0.1, 0.15) is 63.7 Å². The number of aryl methyl sites for hydroxylation is 1. The van der Waals surface area contributed by atoms with Gasteiger partial charge in [0.2, 0.25) is 0 Å². The Hall–Kier alpha value is -2.83. The molecule has 0 aliphatic heterocycles. The molecule has 1 atom stereocenters. The van der Waals surface area contributed by atoms with Gasteiger partial charge in [0, 0.05) is 29.3 Å². The zero-order chi connectivity index (χ0) is 25.8. The van der Waals surface area contributed by atoms with Crippen LogP contribution in [0.3, 0.4) is 0 Å². The number of hydrogen-bond acceptors (Lipinski definition) is 4. The maximum Gasteiger partial charge on any atom is 0.304 e. The molecule has 1 aromatic heterocycles.